The van der Waals surface area contributed by atoms with Gasteiger partial charge in [0.05, 0.1) is 7.11 Å². The zero-order valence-electron chi connectivity index (χ0n) is 11.5. The van der Waals surface area contributed by atoms with Gasteiger partial charge in [-0.1, -0.05) is 30.3 Å². The summed E-state index contributed by atoms with van der Waals surface area (Å²) in [7, 11) is 1.15. The zero-order chi connectivity index (χ0) is 15.2. The molecule has 0 aliphatic rings. The normalized spacial score (nSPS) is 13.3. The maximum absolute atomic E-state index is 11.2. The van der Waals surface area contributed by atoms with E-state index in [1.54, 1.807) is 24.3 Å². The zero-order valence-corrected chi connectivity index (χ0v) is 11.5. The third-order valence-corrected chi connectivity index (χ3v) is 2.94. The van der Waals surface area contributed by atoms with Crippen LogP contribution in [0.15, 0.2) is 54.6 Å². The number of rotatable bonds is 5. The fraction of sp³-hybridized carbons (Fsp3) is 0.188. The second kappa shape index (κ2) is 6.88. The molecule has 0 fully saturated rings. The van der Waals surface area contributed by atoms with Crippen LogP contribution in [0.2, 0.25) is 0 Å². The standard InChI is InChI=1S/C16H16O5/c1-20-16(19)15(18)14(17)11-7-9-13(10-8-11)21-12-5-3-2-4-6-12/h2-10,14-15,17-18H,1H3. The number of aliphatic hydroxyl groups excluding tert-OH is 2. The molecule has 0 heterocycles. The second-order valence-corrected chi connectivity index (χ2v) is 4.40. The molecule has 2 aromatic carbocycles. The summed E-state index contributed by atoms with van der Waals surface area (Å²) in [5, 5.41) is 19.5. The van der Waals surface area contributed by atoms with E-state index in [1.807, 2.05) is 30.3 Å². The third-order valence-electron chi connectivity index (χ3n) is 2.94. The Balaban J connectivity index is 2.06. The van der Waals surface area contributed by atoms with E-state index in [0.717, 1.165) is 7.11 Å². The van der Waals surface area contributed by atoms with Gasteiger partial charge in [0.15, 0.2) is 6.10 Å². The van der Waals surface area contributed by atoms with Crippen LogP contribution in [0.4, 0.5) is 0 Å². The van der Waals surface area contributed by atoms with Crippen LogP contribution >= 0.6 is 0 Å². The van der Waals surface area contributed by atoms with Crippen molar-refractivity contribution >= 4 is 5.97 Å². The van der Waals surface area contributed by atoms with Crippen molar-refractivity contribution in [2.45, 2.75) is 12.2 Å². The fourth-order valence-electron chi connectivity index (χ4n) is 1.79. The van der Waals surface area contributed by atoms with Crippen molar-refractivity contribution in [2.75, 3.05) is 7.11 Å². The number of carbonyl (C=O) groups is 1. The van der Waals surface area contributed by atoms with Gasteiger partial charge in [-0.3, -0.25) is 0 Å². The maximum atomic E-state index is 11.2. The molecule has 2 aromatic rings. The van der Waals surface area contributed by atoms with Crippen molar-refractivity contribution in [3.05, 3.63) is 60.2 Å². The Kier molecular flexibility index (Phi) is 4.92. The monoisotopic (exact) mass is 288 g/mol. The van der Waals surface area contributed by atoms with E-state index in [2.05, 4.69) is 4.74 Å². The van der Waals surface area contributed by atoms with Crippen LogP contribution in [0.3, 0.4) is 0 Å². The summed E-state index contributed by atoms with van der Waals surface area (Å²) in [4.78, 5) is 11.2. The minimum Gasteiger partial charge on any atom is -0.467 e. The van der Waals surface area contributed by atoms with Crippen molar-refractivity contribution in [2.24, 2.45) is 0 Å². The molecule has 0 aromatic heterocycles. The lowest BCUT2D eigenvalue weighted by atomic mass is 10.0. The van der Waals surface area contributed by atoms with Gasteiger partial charge in [-0.2, -0.15) is 0 Å². The van der Waals surface area contributed by atoms with Gasteiger partial charge in [0.25, 0.3) is 0 Å². The van der Waals surface area contributed by atoms with Gasteiger partial charge in [0, 0.05) is 0 Å². The number of hydrogen-bond acceptors (Lipinski definition) is 5. The van der Waals surface area contributed by atoms with Crippen LogP contribution in [-0.4, -0.2) is 29.4 Å². The summed E-state index contributed by atoms with van der Waals surface area (Å²) >= 11 is 0. The topological polar surface area (TPSA) is 76.0 Å². The molecule has 0 amide bonds. The maximum Gasteiger partial charge on any atom is 0.337 e. The van der Waals surface area contributed by atoms with Gasteiger partial charge in [-0.05, 0) is 29.8 Å². The molecule has 0 spiro atoms. The van der Waals surface area contributed by atoms with Crippen LogP contribution in [0, 0.1) is 0 Å². The molecule has 5 heteroatoms. The highest BCUT2D eigenvalue weighted by Crippen LogP contribution is 2.24. The summed E-state index contributed by atoms with van der Waals surface area (Å²) in [5.74, 6) is 0.400. The van der Waals surface area contributed by atoms with E-state index in [0.29, 0.717) is 17.1 Å². The van der Waals surface area contributed by atoms with Gasteiger partial charge in [-0.25, -0.2) is 4.79 Å². The molecule has 0 saturated carbocycles. The predicted molar refractivity (Wildman–Crippen MR) is 75.9 cm³/mol. The third kappa shape index (κ3) is 3.81. The molecule has 2 unspecified atom stereocenters. The number of ether oxygens (including phenoxy) is 2. The van der Waals surface area contributed by atoms with E-state index in [4.69, 9.17) is 4.74 Å². The fourth-order valence-corrected chi connectivity index (χ4v) is 1.79. The lowest BCUT2D eigenvalue weighted by Crippen LogP contribution is -2.28. The van der Waals surface area contributed by atoms with Gasteiger partial charge < -0.3 is 19.7 Å². The number of benzene rings is 2. The Labute approximate surface area is 122 Å². The Morgan fingerprint density at radius 3 is 2.10 bits per heavy atom. The van der Waals surface area contributed by atoms with Crippen molar-refractivity contribution in [1.29, 1.82) is 0 Å². The summed E-state index contributed by atoms with van der Waals surface area (Å²) in [5.41, 5.74) is 0.397. The predicted octanol–water partition coefficient (Wildman–Crippen LogP) is 2.05. The van der Waals surface area contributed by atoms with Gasteiger partial charge in [-0.15, -0.1) is 0 Å². The summed E-state index contributed by atoms with van der Waals surface area (Å²) < 4.78 is 9.99. The Morgan fingerprint density at radius 1 is 0.952 bits per heavy atom. The molecule has 5 nitrogen and oxygen atoms in total. The molecule has 21 heavy (non-hydrogen) atoms. The molecule has 0 saturated heterocycles. The highest BCUT2D eigenvalue weighted by atomic mass is 16.5. The number of carbonyl (C=O) groups excluding carboxylic acids is 1. The summed E-state index contributed by atoms with van der Waals surface area (Å²) in [6, 6.07) is 15.7. The molecule has 2 atom stereocenters. The number of methoxy groups -OCH3 is 1. The van der Waals surface area contributed by atoms with E-state index in [9.17, 15) is 15.0 Å². The van der Waals surface area contributed by atoms with Crippen molar-refractivity contribution in [3.63, 3.8) is 0 Å². The minimum atomic E-state index is -1.61. The van der Waals surface area contributed by atoms with Crippen molar-refractivity contribution < 1.29 is 24.5 Å². The molecule has 0 radical (unpaired) electrons. The quantitative estimate of drug-likeness (QED) is 0.823. The first-order valence-corrected chi connectivity index (χ1v) is 6.38. The molecule has 0 aliphatic carbocycles. The smallest absolute Gasteiger partial charge is 0.337 e. The van der Waals surface area contributed by atoms with E-state index in [-0.39, 0.29) is 0 Å². The van der Waals surface area contributed by atoms with Crippen LogP contribution in [0.5, 0.6) is 11.5 Å². The van der Waals surface area contributed by atoms with Crippen molar-refractivity contribution in [1.82, 2.24) is 0 Å². The minimum absolute atomic E-state index is 0.397. The Bertz CT molecular complexity index is 579. The van der Waals surface area contributed by atoms with Crippen LogP contribution in [-0.2, 0) is 9.53 Å². The summed E-state index contributed by atoms with van der Waals surface area (Å²) in [6.45, 7) is 0. The molecule has 2 N–H and O–H groups in total. The highest BCUT2D eigenvalue weighted by Gasteiger charge is 2.26. The highest BCUT2D eigenvalue weighted by molar-refractivity contribution is 5.75. The van der Waals surface area contributed by atoms with Crippen LogP contribution in [0.1, 0.15) is 11.7 Å². The average molecular weight is 288 g/mol. The Morgan fingerprint density at radius 2 is 1.52 bits per heavy atom. The van der Waals surface area contributed by atoms with E-state index >= 15 is 0 Å². The lowest BCUT2D eigenvalue weighted by molar-refractivity contribution is -0.156. The number of para-hydroxylation sites is 1. The number of hydrogen-bond donors (Lipinski definition) is 2. The Hall–Kier alpha value is -2.37. The number of aliphatic hydroxyl groups is 2. The van der Waals surface area contributed by atoms with Gasteiger partial charge in [0.1, 0.15) is 17.6 Å². The van der Waals surface area contributed by atoms with Gasteiger partial charge >= 0.3 is 5.97 Å². The van der Waals surface area contributed by atoms with Crippen LogP contribution < -0.4 is 4.74 Å². The van der Waals surface area contributed by atoms with E-state index in [1.165, 1.54) is 0 Å². The molecule has 0 aliphatic heterocycles. The lowest BCUT2D eigenvalue weighted by Gasteiger charge is -2.16. The second-order valence-electron chi connectivity index (χ2n) is 4.40. The molecular formula is C16H16O5. The average Bonchev–Trinajstić information content (AvgIpc) is 2.54. The largest absolute Gasteiger partial charge is 0.467 e. The van der Waals surface area contributed by atoms with Gasteiger partial charge in [0.2, 0.25) is 0 Å². The number of esters is 1. The SMILES string of the molecule is COC(=O)C(O)C(O)c1ccc(Oc2ccccc2)cc1. The van der Waals surface area contributed by atoms with Crippen molar-refractivity contribution in [3.8, 4) is 11.5 Å². The molecule has 110 valence electrons. The van der Waals surface area contributed by atoms with E-state index < -0.39 is 18.2 Å². The first-order chi connectivity index (χ1) is 10.1. The first kappa shape index (κ1) is 15.0. The van der Waals surface area contributed by atoms with Crippen LogP contribution in [0.25, 0.3) is 0 Å². The molecule has 2 rings (SSSR count). The molecular weight excluding hydrogens is 272 g/mol. The molecule has 0 bridgehead atoms. The first-order valence-electron chi connectivity index (χ1n) is 6.38. The summed E-state index contributed by atoms with van der Waals surface area (Å²) in [6.07, 6.45) is -2.96.